The number of methoxy groups -OCH3 is 1. The van der Waals surface area contributed by atoms with Crippen LogP contribution < -0.4 is 20.3 Å². The zero-order valence-corrected chi connectivity index (χ0v) is 16.2. The predicted octanol–water partition coefficient (Wildman–Crippen LogP) is 2.50. The highest BCUT2D eigenvalue weighted by Crippen LogP contribution is 2.25. The van der Waals surface area contributed by atoms with Crippen LogP contribution in [0.2, 0.25) is 0 Å². The lowest BCUT2D eigenvalue weighted by atomic mass is 10.2. The van der Waals surface area contributed by atoms with Crippen LogP contribution in [0.1, 0.15) is 25.0 Å². The molecular formula is C20H26N4O3. The molecule has 144 valence electrons. The van der Waals surface area contributed by atoms with E-state index in [1.54, 1.807) is 18.3 Å². The Labute approximate surface area is 159 Å². The Morgan fingerprint density at radius 2 is 1.85 bits per heavy atom. The molecule has 0 saturated carbocycles. The largest absolute Gasteiger partial charge is 0.495 e. The van der Waals surface area contributed by atoms with Crippen molar-refractivity contribution in [1.82, 2.24) is 10.3 Å². The number of carbonyl (C=O) groups is 2. The van der Waals surface area contributed by atoms with Crippen molar-refractivity contribution in [3.05, 3.63) is 47.7 Å². The van der Waals surface area contributed by atoms with Gasteiger partial charge in [0, 0.05) is 25.8 Å². The number of nitrogens with one attached hydrogen (secondary N) is 2. The van der Waals surface area contributed by atoms with Crippen molar-refractivity contribution in [2.45, 2.75) is 27.3 Å². The van der Waals surface area contributed by atoms with Crippen molar-refractivity contribution in [2.75, 3.05) is 30.4 Å². The summed E-state index contributed by atoms with van der Waals surface area (Å²) in [6.07, 6.45) is 1.70. The lowest BCUT2D eigenvalue weighted by molar-refractivity contribution is -0.136. The number of aryl methyl sites for hydroxylation is 1. The van der Waals surface area contributed by atoms with Crippen LogP contribution in [0.3, 0.4) is 0 Å². The average Bonchev–Trinajstić information content (AvgIpc) is 2.68. The quantitative estimate of drug-likeness (QED) is 0.732. The Morgan fingerprint density at radius 1 is 1.11 bits per heavy atom. The smallest absolute Gasteiger partial charge is 0.313 e. The second-order valence-corrected chi connectivity index (χ2v) is 6.04. The van der Waals surface area contributed by atoms with Gasteiger partial charge in [0.15, 0.2) is 0 Å². The number of rotatable bonds is 7. The summed E-state index contributed by atoms with van der Waals surface area (Å²) in [4.78, 5) is 30.7. The van der Waals surface area contributed by atoms with Crippen LogP contribution in [-0.2, 0) is 16.1 Å². The topological polar surface area (TPSA) is 83.6 Å². The number of hydrogen-bond acceptors (Lipinski definition) is 5. The van der Waals surface area contributed by atoms with Gasteiger partial charge < -0.3 is 20.3 Å². The number of aromatic nitrogens is 1. The summed E-state index contributed by atoms with van der Waals surface area (Å²) >= 11 is 0. The predicted molar refractivity (Wildman–Crippen MR) is 106 cm³/mol. The average molecular weight is 370 g/mol. The van der Waals surface area contributed by atoms with Crippen LogP contribution in [0.15, 0.2) is 36.5 Å². The van der Waals surface area contributed by atoms with E-state index in [1.165, 1.54) is 7.11 Å². The summed E-state index contributed by atoms with van der Waals surface area (Å²) in [5, 5.41) is 5.18. The summed E-state index contributed by atoms with van der Waals surface area (Å²) in [6.45, 7) is 8.01. The number of carbonyl (C=O) groups excluding carboxylic acids is 2. The molecule has 0 atom stereocenters. The van der Waals surface area contributed by atoms with E-state index >= 15 is 0 Å². The normalized spacial score (nSPS) is 10.2. The van der Waals surface area contributed by atoms with Gasteiger partial charge in [-0.2, -0.15) is 0 Å². The van der Waals surface area contributed by atoms with Crippen LogP contribution in [-0.4, -0.2) is 37.0 Å². The third-order valence-corrected chi connectivity index (χ3v) is 4.16. The fourth-order valence-electron chi connectivity index (χ4n) is 2.62. The van der Waals surface area contributed by atoms with Crippen molar-refractivity contribution in [2.24, 2.45) is 0 Å². The van der Waals surface area contributed by atoms with Crippen LogP contribution in [0.25, 0.3) is 0 Å². The maximum absolute atomic E-state index is 12.1. The zero-order chi connectivity index (χ0) is 19.8. The van der Waals surface area contributed by atoms with E-state index in [0.717, 1.165) is 30.0 Å². The first-order valence-electron chi connectivity index (χ1n) is 8.92. The summed E-state index contributed by atoms with van der Waals surface area (Å²) in [5.41, 5.74) is 2.23. The minimum Gasteiger partial charge on any atom is -0.495 e. The fraction of sp³-hybridized carbons (Fsp3) is 0.350. The molecule has 1 aromatic heterocycles. The van der Waals surface area contributed by atoms with Crippen LogP contribution in [0.4, 0.5) is 11.5 Å². The SMILES string of the molecule is CCN(CC)c1ccc(CNC(=O)C(=O)Nc2cc(C)ccc2OC)cn1. The summed E-state index contributed by atoms with van der Waals surface area (Å²) in [6, 6.07) is 9.16. The van der Waals surface area contributed by atoms with Gasteiger partial charge in [-0.1, -0.05) is 12.1 Å². The van der Waals surface area contributed by atoms with Gasteiger partial charge in [-0.15, -0.1) is 0 Å². The molecule has 7 heteroatoms. The van der Waals surface area contributed by atoms with Gasteiger partial charge in [-0.3, -0.25) is 9.59 Å². The van der Waals surface area contributed by atoms with Crippen LogP contribution >= 0.6 is 0 Å². The molecule has 7 nitrogen and oxygen atoms in total. The molecular weight excluding hydrogens is 344 g/mol. The standard InChI is InChI=1S/C20H26N4O3/c1-5-24(6-2)18-10-8-15(12-21-18)13-22-19(25)20(26)23-16-11-14(3)7-9-17(16)27-4/h7-12H,5-6,13H2,1-4H3,(H,22,25)(H,23,26). The highest BCUT2D eigenvalue weighted by atomic mass is 16.5. The summed E-state index contributed by atoms with van der Waals surface area (Å²) in [5.74, 6) is -0.0738. The number of ether oxygens (including phenoxy) is 1. The molecule has 0 bridgehead atoms. The third kappa shape index (κ3) is 5.44. The van der Waals surface area contributed by atoms with E-state index in [0.29, 0.717) is 11.4 Å². The molecule has 0 radical (unpaired) electrons. The van der Waals surface area contributed by atoms with E-state index in [2.05, 4.69) is 34.4 Å². The maximum atomic E-state index is 12.1. The van der Waals surface area contributed by atoms with Crippen LogP contribution in [0.5, 0.6) is 5.75 Å². The summed E-state index contributed by atoms with van der Waals surface area (Å²) < 4.78 is 5.20. The van der Waals surface area contributed by atoms with Crippen molar-refractivity contribution >= 4 is 23.3 Å². The molecule has 1 heterocycles. The minimum atomic E-state index is -0.744. The van der Waals surface area contributed by atoms with Crippen molar-refractivity contribution < 1.29 is 14.3 Å². The Kier molecular flexibility index (Phi) is 7.16. The molecule has 0 aliphatic heterocycles. The second kappa shape index (κ2) is 9.56. The van der Waals surface area contributed by atoms with Crippen molar-refractivity contribution in [3.63, 3.8) is 0 Å². The van der Waals surface area contributed by atoms with Gasteiger partial charge in [0.1, 0.15) is 11.6 Å². The Hall–Kier alpha value is -3.09. The van der Waals surface area contributed by atoms with E-state index in [1.807, 2.05) is 25.1 Å². The number of amides is 2. The Balaban J connectivity index is 1.93. The molecule has 2 aromatic rings. The minimum absolute atomic E-state index is 0.225. The van der Waals surface area contributed by atoms with Gasteiger partial charge in [-0.25, -0.2) is 4.98 Å². The van der Waals surface area contributed by atoms with Gasteiger partial charge in [0.2, 0.25) is 0 Å². The zero-order valence-electron chi connectivity index (χ0n) is 16.2. The van der Waals surface area contributed by atoms with E-state index < -0.39 is 11.8 Å². The molecule has 0 aliphatic carbocycles. The molecule has 0 unspecified atom stereocenters. The highest BCUT2D eigenvalue weighted by molar-refractivity contribution is 6.39. The second-order valence-electron chi connectivity index (χ2n) is 6.04. The Bertz CT molecular complexity index is 786. The van der Waals surface area contributed by atoms with Gasteiger partial charge in [0.25, 0.3) is 0 Å². The van der Waals surface area contributed by atoms with Gasteiger partial charge in [-0.05, 0) is 50.1 Å². The highest BCUT2D eigenvalue weighted by Gasteiger charge is 2.16. The molecule has 0 saturated heterocycles. The number of benzene rings is 1. The fourth-order valence-corrected chi connectivity index (χ4v) is 2.62. The molecule has 0 spiro atoms. The molecule has 2 N–H and O–H groups in total. The molecule has 2 amide bonds. The molecule has 0 aliphatic rings. The van der Waals surface area contributed by atoms with Crippen molar-refractivity contribution in [1.29, 1.82) is 0 Å². The lowest BCUT2D eigenvalue weighted by Gasteiger charge is -2.19. The van der Waals surface area contributed by atoms with Crippen molar-refractivity contribution in [3.8, 4) is 5.75 Å². The third-order valence-electron chi connectivity index (χ3n) is 4.16. The lowest BCUT2D eigenvalue weighted by Crippen LogP contribution is -2.35. The van der Waals surface area contributed by atoms with Gasteiger partial charge >= 0.3 is 11.8 Å². The van der Waals surface area contributed by atoms with E-state index in [9.17, 15) is 9.59 Å². The molecule has 2 rings (SSSR count). The molecule has 27 heavy (non-hydrogen) atoms. The monoisotopic (exact) mass is 370 g/mol. The maximum Gasteiger partial charge on any atom is 0.313 e. The molecule has 0 fully saturated rings. The first-order chi connectivity index (χ1) is 13.0. The van der Waals surface area contributed by atoms with Gasteiger partial charge in [0.05, 0.1) is 12.8 Å². The number of pyridine rings is 1. The van der Waals surface area contributed by atoms with E-state index in [-0.39, 0.29) is 6.54 Å². The first kappa shape index (κ1) is 20.2. The van der Waals surface area contributed by atoms with Crippen LogP contribution in [0, 0.1) is 6.92 Å². The number of hydrogen-bond donors (Lipinski definition) is 2. The number of anilines is 2. The summed E-state index contributed by atoms with van der Waals surface area (Å²) in [7, 11) is 1.51. The molecule has 1 aromatic carbocycles. The first-order valence-corrected chi connectivity index (χ1v) is 8.92. The van der Waals surface area contributed by atoms with E-state index in [4.69, 9.17) is 4.74 Å². The Morgan fingerprint density at radius 3 is 2.44 bits per heavy atom. The number of nitrogens with zero attached hydrogens (tertiary/aromatic N) is 2.